The third-order valence-corrected chi connectivity index (χ3v) is 4.20. The van der Waals surface area contributed by atoms with Gasteiger partial charge in [-0.1, -0.05) is 6.92 Å². The fourth-order valence-corrected chi connectivity index (χ4v) is 3.28. The van der Waals surface area contributed by atoms with Crippen LogP contribution in [0.2, 0.25) is 0 Å². The molecule has 1 aliphatic heterocycles. The molecule has 2 unspecified atom stereocenters. The van der Waals surface area contributed by atoms with Crippen molar-refractivity contribution < 1.29 is 0 Å². The Morgan fingerprint density at radius 1 is 1.67 bits per heavy atom. The van der Waals surface area contributed by atoms with Gasteiger partial charge in [-0.15, -0.1) is 0 Å². The van der Waals surface area contributed by atoms with Gasteiger partial charge in [-0.2, -0.15) is 23.5 Å². The van der Waals surface area contributed by atoms with E-state index in [0.29, 0.717) is 0 Å². The van der Waals surface area contributed by atoms with Crippen LogP contribution in [0.5, 0.6) is 0 Å². The van der Waals surface area contributed by atoms with Gasteiger partial charge in [0.05, 0.1) is 0 Å². The molecule has 72 valence electrons. The van der Waals surface area contributed by atoms with Crippen molar-refractivity contribution in [2.75, 3.05) is 30.1 Å². The molecule has 0 saturated carbocycles. The molecule has 1 nitrogen and oxygen atoms in total. The predicted octanol–water partition coefficient (Wildman–Crippen LogP) is 2.08. The van der Waals surface area contributed by atoms with Crippen molar-refractivity contribution in [2.24, 2.45) is 5.92 Å². The van der Waals surface area contributed by atoms with Crippen LogP contribution in [0.15, 0.2) is 0 Å². The minimum atomic E-state index is 0.805. The molecule has 1 fully saturated rings. The Hall–Kier alpha value is 0.660. The topological polar surface area (TPSA) is 12.0 Å². The first-order valence-corrected chi connectivity index (χ1v) is 7.18. The molecule has 12 heavy (non-hydrogen) atoms. The van der Waals surface area contributed by atoms with Crippen LogP contribution in [-0.4, -0.2) is 36.1 Å². The van der Waals surface area contributed by atoms with Crippen molar-refractivity contribution >= 4 is 23.5 Å². The second-order valence-electron chi connectivity index (χ2n) is 3.53. The van der Waals surface area contributed by atoms with E-state index in [-0.39, 0.29) is 0 Å². The van der Waals surface area contributed by atoms with Gasteiger partial charge >= 0.3 is 0 Å². The molecule has 1 heterocycles. The first kappa shape index (κ1) is 10.7. The van der Waals surface area contributed by atoms with Crippen molar-refractivity contribution in [1.82, 2.24) is 5.32 Å². The second kappa shape index (κ2) is 6.17. The van der Waals surface area contributed by atoms with E-state index in [4.69, 9.17) is 0 Å². The molecule has 0 aromatic rings. The highest BCUT2D eigenvalue weighted by atomic mass is 32.2. The van der Waals surface area contributed by atoms with Crippen molar-refractivity contribution in [2.45, 2.75) is 19.4 Å². The number of thioether (sulfide) groups is 2. The lowest BCUT2D eigenvalue weighted by atomic mass is 10.2. The van der Waals surface area contributed by atoms with E-state index in [1.54, 1.807) is 0 Å². The summed E-state index contributed by atoms with van der Waals surface area (Å²) in [6.07, 6.45) is 3.55. The Morgan fingerprint density at radius 3 is 3.08 bits per heavy atom. The molecular weight excluding hydrogens is 186 g/mol. The van der Waals surface area contributed by atoms with Crippen LogP contribution in [0.4, 0.5) is 0 Å². The average Bonchev–Trinajstić information content (AvgIpc) is 2.53. The first-order chi connectivity index (χ1) is 5.83. The van der Waals surface area contributed by atoms with Crippen LogP contribution in [-0.2, 0) is 0 Å². The third kappa shape index (κ3) is 4.06. The van der Waals surface area contributed by atoms with Gasteiger partial charge < -0.3 is 5.32 Å². The Bertz CT molecular complexity index is 113. The van der Waals surface area contributed by atoms with Crippen molar-refractivity contribution in [1.29, 1.82) is 0 Å². The highest BCUT2D eigenvalue weighted by Crippen LogP contribution is 2.17. The normalized spacial score (nSPS) is 26.0. The molecule has 0 aliphatic carbocycles. The molecule has 0 aromatic heterocycles. The molecule has 0 aromatic carbocycles. The van der Waals surface area contributed by atoms with Crippen LogP contribution < -0.4 is 5.32 Å². The summed E-state index contributed by atoms with van der Waals surface area (Å²) in [5.41, 5.74) is 0. The minimum Gasteiger partial charge on any atom is -0.313 e. The molecule has 1 rings (SSSR count). The molecule has 0 radical (unpaired) electrons. The summed E-state index contributed by atoms with van der Waals surface area (Å²) in [5.74, 6) is 4.79. The van der Waals surface area contributed by atoms with E-state index in [1.165, 1.54) is 30.2 Å². The lowest BCUT2D eigenvalue weighted by Gasteiger charge is -2.15. The number of hydrogen-bond donors (Lipinski definition) is 1. The van der Waals surface area contributed by atoms with Crippen LogP contribution in [0, 0.1) is 5.92 Å². The zero-order valence-corrected chi connectivity index (χ0v) is 9.64. The zero-order valence-electron chi connectivity index (χ0n) is 8.01. The SMILES string of the molecule is CSCC(C)CNC1CCSC1. The highest BCUT2D eigenvalue weighted by Gasteiger charge is 2.14. The fourth-order valence-electron chi connectivity index (χ4n) is 1.41. The lowest BCUT2D eigenvalue weighted by molar-refractivity contribution is 0.494. The van der Waals surface area contributed by atoms with Gasteiger partial charge in [0.25, 0.3) is 0 Å². The molecule has 1 N–H and O–H groups in total. The molecule has 3 heteroatoms. The lowest BCUT2D eigenvalue weighted by Crippen LogP contribution is -2.33. The molecule has 1 saturated heterocycles. The maximum absolute atomic E-state index is 3.63. The highest BCUT2D eigenvalue weighted by molar-refractivity contribution is 7.99. The first-order valence-electron chi connectivity index (χ1n) is 4.63. The summed E-state index contributed by atoms with van der Waals surface area (Å²) in [6.45, 7) is 3.53. The molecule has 0 spiro atoms. The standard InChI is InChI=1S/C9H19NS2/c1-8(6-11-2)5-10-9-3-4-12-7-9/h8-10H,3-7H2,1-2H3. The summed E-state index contributed by atoms with van der Waals surface area (Å²) in [4.78, 5) is 0. The molecule has 0 bridgehead atoms. The fraction of sp³-hybridized carbons (Fsp3) is 1.00. The van der Waals surface area contributed by atoms with Crippen LogP contribution in [0.3, 0.4) is 0 Å². The Kier molecular flexibility index (Phi) is 5.52. The summed E-state index contributed by atoms with van der Waals surface area (Å²) >= 11 is 4.03. The summed E-state index contributed by atoms with van der Waals surface area (Å²) in [7, 11) is 0. The van der Waals surface area contributed by atoms with Gasteiger partial charge in [-0.05, 0) is 36.6 Å². The van der Waals surface area contributed by atoms with E-state index < -0.39 is 0 Å². The Morgan fingerprint density at radius 2 is 2.50 bits per heavy atom. The maximum atomic E-state index is 3.63. The van der Waals surface area contributed by atoms with E-state index in [9.17, 15) is 0 Å². The quantitative estimate of drug-likeness (QED) is 0.738. The van der Waals surface area contributed by atoms with E-state index in [2.05, 4.69) is 30.3 Å². The largest absolute Gasteiger partial charge is 0.313 e. The summed E-state index contributed by atoms with van der Waals surface area (Å²) < 4.78 is 0. The average molecular weight is 205 g/mol. The second-order valence-corrected chi connectivity index (χ2v) is 5.59. The molecule has 1 aliphatic rings. The molecule has 2 atom stereocenters. The maximum Gasteiger partial charge on any atom is 0.0166 e. The predicted molar refractivity (Wildman–Crippen MR) is 61.3 cm³/mol. The van der Waals surface area contributed by atoms with Crippen LogP contribution in [0.1, 0.15) is 13.3 Å². The number of nitrogens with one attached hydrogen (secondary N) is 1. The minimum absolute atomic E-state index is 0.805. The monoisotopic (exact) mass is 205 g/mol. The molecular formula is C9H19NS2. The van der Waals surface area contributed by atoms with Gasteiger partial charge in [-0.3, -0.25) is 0 Å². The van der Waals surface area contributed by atoms with E-state index in [0.717, 1.165) is 12.0 Å². The van der Waals surface area contributed by atoms with E-state index in [1.807, 2.05) is 11.8 Å². The summed E-state index contributed by atoms with van der Waals surface area (Å²) in [6, 6.07) is 0.805. The number of hydrogen-bond acceptors (Lipinski definition) is 3. The zero-order chi connectivity index (χ0) is 8.81. The molecule has 0 amide bonds. The Labute approximate surface area is 84.4 Å². The Balaban J connectivity index is 1.99. The van der Waals surface area contributed by atoms with Crippen molar-refractivity contribution in [3.05, 3.63) is 0 Å². The van der Waals surface area contributed by atoms with Crippen LogP contribution >= 0.6 is 23.5 Å². The van der Waals surface area contributed by atoms with Crippen molar-refractivity contribution in [3.63, 3.8) is 0 Å². The van der Waals surface area contributed by atoms with Gasteiger partial charge in [0, 0.05) is 11.8 Å². The van der Waals surface area contributed by atoms with Gasteiger partial charge in [0.15, 0.2) is 0 Å². The van der Waals surface area contributed by atoms with Crippen molar-refractivity contribution in [3.8, 4) is 0 Å². The summed E-state index contributed by atoms with van der Waals surface area (Å²) in [5, 5.41) is 3.63. The van der Waals surface area contributed by atoms with Gasteiger partial charge in [0.2, 0.25) is 0 Å². The van der Waals surface area contributed by atoms with Gasteiger partial charge in [-0.25, -0.2) is 0 Å². The van der Waals surface area contributed by atoms with Crippen LogP contribution in [0.25, 0.3) is 0 Å². The number of rotatable bonds is 5. The smallest absolute Gasteiger partial charge is 0.0166 e. The van der Waals surface area contributed by atoms with Gasteiger partial charge in [0.1, 0.15) is 0 Å². The third-order valence-electron chi connectivity index (χ3n) is 2.14. The van der Waals surface area contributed by atoms with E-state index >= 15 is 0 Å².